The second-order valence-electron chi connectivity index (χ2n) is 7.36. The third kappa shape index (κ3) is 6.72. The van der Waals surface area contributed by atoms with Gasteiger partial charge in [0.2, 0.25) is 0 Å². The lowest BCUT2D eigenvalue weighted by molar-refractivity contribution is -0.137. The third-order valence-corrected chi connectivity index (χ3v) is 4.79. The Hall–Kier alpha value is -2.33. The molecule has 0 saturated heterocycles. The van der Waals surface area contributed by atoms with Crippen molar-refractivity contribution in [2.24, 2.45) is 0 Å². The summed E-state index contributed by atoms with van der Waals surface area (Å²) in [6.45, 7) is 8.63. The lowest BCUT2D eigenvalue weighted by Crippen LogP contribution is -2.19. The molecule has 0 bridgehead atoms. The molecule has 1 N–H and O–H groups in total. The zero-order chi connectivity index (χ0) is 19.8. The highest BCUT2D eigenvalue weighted by molar-refractivity contribution is 5.66. The van der Waals surface area contributed by atoms with Crippen molar-refractivity contribution in [3.8, 4) is 5.75 Å². The summed E-state index contributed by atoms with van der Waals surface area (Å²) in [6, 6.07) is 12.7. The van der Waals surface area contributed by atoms with Gasteiger partial charge in [-0.2, -0.15) is 0 Å². The molecule has 2 rings (SSSR count). The van der Waals surface area contributed by atoms with Gasteiger partial charge in [0, 0.05) is 13.0 Å². The van der Waals surface area contributed by atoms with Gasteiger partial charge in [-0.15, -0.1) is 0 Å². The first-order valence-electron chi connectivity index (χ1n) is 9.54. The fourth-order valence-electron chi connectivity index (χ4n) is 3.33. The molecule has 0 atom stereocenters. The Kier molecular flexibility index (Phi) is 7.86. The van der Waals surface area contributed by atoms with Crippen LogP contribution < -0.4 is 4.74 Å². The molecule has 146 valence electrons. The van der Waals surface area contributed by atoms with Gasteiger partial charge in [0.25, 0.3) is 0 Å². The normalized spacial score (nSPS) is 11.0. The first kappa shape index (κ1) is 21.0. The molecule has 0 heterocycles. The van der Waals surface area contributed by atoms with Crippen molar-refractivity contribution >= 4 is 5.97 Å². The van der Waals surface area contributed by atoms with Crippen LogP contribution in [0.5, 0.6) is 5.75 Å². The van der Waals surface area contributed by atoms with Crippen molar-refractivity contribution in [2.75, 3.05) is 13.6 Å². The van der Waals surface area contributed by atoms with Gasteiger partial charge in [-0.3, -0.25) is 4.79 Å². The van der Waals surface area contributed by atoms with E-state index in [0.29, 0.717) is 6.61 Å². The fourth-order valence-corrected chi connectivity index (χ4v) is 3.33. The van der Waals surface area contributed by atoms with E-state index in [0.717, 1.165) is 42.8 Å². The van der Waals surface area contributed by atoms with Crippen LogP contribution in [0.3, 0.4) is 0 Å². The van der Waals surface area contributed by atoms with Crippen molar-refractivity contribution in [1.29, 1.82) is 0 Å². The molecule has 0 aliphatic rings. The molecule has 0 saturated carbocycles. The Labute approximate surface area is 162 Å². The van der Waals surface area contributed by atoms with Gasteiger partial charge in [0.1, 0.15) is 12.4 Å². The monoisotopic (exact) mass is 369 g/mol. The van der Waals surface area contributed by atoms with Crippen LogP contribution >= 0.6 is 0 Å². The Morgan fingerprint density at radius 1 is 1.04 bits per heavy atom. The maximum atomic E-state index is 10.6. The molecular weight excluding hydrogens is 338 g/mol. The number of hydrogen-bond donors (Lipinski definition) is 1. The summed E-state index contributed by atoms with van der Waals surface area (Å²) in [5.41, 5.74) is 6.01. The van der Waals surface area contributed by atoms with Gasteiger partial charge >= 0.3 is 5.97 Å². The van der Waals surface area contributed by atoms with Crippen molar-refractivity contribution < 1.29 is 14.6 Å². The second-order valence-corrected chi connectivity index (χ2v) is 7.36. The topological polar surface area (TPSA) is 49.8 Å². The number of carboxylic acid groups (broad SMARTS) is 1. The second kappa shape index (κ2) is 10.1. The van der Waals surface area contributed by atoms with E-state index >= 15 is 0 Å². The van der Waals surface area contributed by atoms with Gasteiger partial charge < -0.3 is 14.7 Å². The van der Waals surface area contributed by atoms with Crippen LogP contribution in [0.15, 0.2) is 36.4 Å². The van der Waals surface area contributed by atoms with Crippen molar-refractivity contribution in [3.05, 3.63) is 64.2 Å². The molecule has 0 fully saturated rings. The number of rotatable bonds is 10. The average molecular weight is 370 g/mol. The van der Waals surface area contributed by atoms with E-state index in [1.54, 1.807) is 0 Å². The van der Waals surface area contributed by atoms with E-state index in [1.165, 1.54) is 16.7 Å². The molecule has 2 aromatic rings. The van der Waals surface area contributed by atoms with Crippen LogP contribution in [0, 0.1) is 20.8 Å². The van der Waals surface area contributed by atoms with Crippen molar-refractivity contribution in [2.45, 2.75) is 53.2 Å². The zero-order valence-electron chi connectivity index (χ0n) is 16.9. The summed E-state index contributed by atoms with van der Waals surface area (Å²) in [6.07, 6.45) is 1.88. The summed E-state index contributed by atoms with van der Waals surface area (Å²) in [7, 11) is 2.08. The Morgan fingerprint density at radius 2 is 1.70 bits per heavy atom. The van der Waals surface area contributed by atoms with Crippen LogP contribution in [-0.4, -0.2) is 29.6 Å². The van der Waals surface area contributed by atoms with E-state index in [-0.39, 0.29) is 6.42 Å². The highest BCUT2D eigenvalue weighted by atomic mass is 16.5. The van der Waals surface area contributed by atoms with Gasteiger partial charge in [0.05, 0.1) is 0 Å². The van der Waals surface area contributed by atoms with Crippen LogP contribution in [0.1, 0.15) is 47.1 Å². The van der Waals surface area contributed by atoms with Crippen LogP contribution in [0.4, 0.5) is 0 Å². The van der Waals surface area contributed by atoms with E-state index in [4.69, 9.17) is 9.84 Å². The zero-order valence-corrected chi connectivity index (χ0v) is 16.9. The minimum absolute atomic E-state index is 0.249. The van der Waals surface area contributed by atoms with E-state index < -0.39 is 5.97 Å². The molecule has 4 nitrogen and oxygen atoms in total. The number of carboxylic acids is 1. The molecule has 4 heteroatoms. The van der Waals surface area contributed by atoms with E-state index in [2.05, 4.69) is 57.0 Å². The highest BCUT2D eigenvalue weighted by Gasteiger charge is 2.09. The number of benzene rings is 2. The summed E-state index contributed by atoms with van der Waals surface area (Å²) < 4.78 is 6.13. The van der Waals surface area contributed by atoms with Crippen molar-refractivity contribution in [1.82, 2.24) is 4.90 Å². The predicted molar refractivity (Wildman–Crippen MR) is 109 cm³/mol. The van der Waals surface area contributed by atoms with Gasteiger partial charge in [-0.05, 0) is 75.0 Å². The Bertz CT molecular complexity index is 747. The molecule has 0 aromatic heterocycles. The lowest BCUT2D eigenvalue weighted by atomic mass is 10.0. The minimum atomic E-state index is -0.717. The van der Waals surface area contributed by atoms with E-state index in [9.17, 15) is 4.79 Å². The molecule has 0 unspecified atom stereocenters. The van der Waals surface area contributed by atoms with Crippen LogP contribution in [0.25, 0.3) is 0 Å². The largest absolute Gasteiger partial charge is 0.488 e. The number of unbranched alkanes of at least 4 members (excludes halogenated alkanes) is 1. The molecular formula is C23H31NO3. The van der Waals surface area contributed by atoms with Gasteiger partial charge in [-0.1, -0.05) is 36.4 Å². The minimum Gasteiger partial charge on any atom is -0.488 e. The Balaban J connectivity index is 1.93. The van der Waals surface area contributed by atoms with Crippen LogP contribution in [-0.2, 0) is 17.9 Å². The maximum absolute atomic E-state index is 10.6. The molecule has 27 heavy (non-hydrogen) atoms. The molecule has 0 aliphatic carbocycles. The average Bonchev–Trinajstić information content (AvgIpc) is 2.59. The number of hydrogen-bond acceptors (Lipinski definition) is 3. The number of aliphatic carboxylic acids is 1. The van der Waals surface area contributed by atoms with Gasteiger partial charge in [0.15, 0.2) is 0 Å². The first-order valence-corrected chi connectivity index (χ1v) is 9.54. The quantitative estimate of drug-likeness (QED) is 0.607. The number of ether oxygens (including phenoxy) is 1. The standard InChI is InChI=1S/C23H31NO3/c1-17-9-5-6-10-21(17)16-27-23-18(2)13-20(14-19(23)3)15-24(4)12-8-7-11-22(25)26/h5-6,9-10,13-14H,7-8,11-12,15-16H2,1-4H3,(H,25,26). The SMILES string of the molecule is Cc1ccccc1COc1c(C)cc(CN(C)CCCCC(=O)O)cc1C. The highest BCUT2D eigenvalue weighted by Crippen LogP contribution is 2.26. The number of aryl methyl sites for hydroxylation is 3. The molecule has 0 aliphatic heterocycles. The molecule has 0 radical (unpaired) electrons. The Morgan fingerprint density at radius 3 is 2.33 bits per heavy atom. The molecule has 2 aromatic carbocycles. The fraction of sp³-hybridized carbons (Fsp3) is 0.435. The smallest absolute Gasteiger partial charge is 0.303 e. The summed E-state index contributed by atoms with van der Waals surface area (Å²) in [4.78, 5) is 12.8. The van der Waals surface area contributed by atoms with Gasteiger partial charge in [-0.25, -0.2) is 0 Å². The predicted octanol–water partition coefficient (Wildman–Crippen LogP) is 4.88. The summed E-state index contributed by atoms with van der Waals surface area (Å²) in [5, 5.41) is 8.71. The number of nitrogens with zero attached hydrogens (tertiary/aromatic N) is 1. The lowest BCUT2D eigenvalue weighted by Gasteiger charge is -2.19. The molecule has 0 spiro atoms. The summed E-state index contributed by atoms with van der Waals surface area (Å²) in [5.74, 6) is 0.247. The number of carbonyl (C=O) groups is 1. The van der Waals surface area contributed by atoms with Crippen LogP contribution in [0.2, 0.25) is 0 Å². The van der Waals surface area contributed by atoms with Crippen molar-refractivity contribution in [3.63, 3.8) is 0 Å². The van der Waals surface area contributed by atoms with E-state index in [1.807, 2.05) is 12.1 Å². The molecule has 0 amide bonds. The maximum Gasteiger partial charge on any atom is 0.303 e. The summed E-state index contributed by atoms with van der Waals surface area (Å²) >= 11 is 0. The first-order chi connectivity index (χ1) is 12.9. The third-order valence-electron chi connectivity index (χ3n) is 4.79.